The molecule has 0 bridgehead atoms. The number of alkyl halides is 2. The van der Waals surface area contributed by atoms with Crippen molar-refractivity contribution in [2.75, 3.05) is 0 Å². The van der Waals surface area contributed by atoms with Crippen LogP contribution in [0.25, 0.3) is 0 Å². The van der Waals surface area contributed by atoms with E-state index in [-0.39, 0.29) is 22.6 Å². The van der Waals surface area contributed by atoms with E-state index in [9.17, 15) is 17.4 Å². The lowest BCUT2D eigenvalue weighted by molar-refractivity contribution is -0.0498. The number of ether oxygens (including phenoxy) is 1. The van der Waals surface area contributed by atoms with Gasteiger partial charge in [0.2, 0.25) is 0 Å². The number of benzene rings is 2. The van der Waals surface area contributed by atoms with Crippen LogP contribution in [-0.4, -0.2) is 10.8 Å². The molecule has 0 radical (unpaired) electrons. The molecule has 0 saturated carbocycles. The molecule has 0 heterocycles. The molecular formula is C16H15F3O2S. The summed E-state index contributed by atoms with van der Waals surface area (Å²) < 4.78 is 53.6. The molecule has 118 valence electrons. The summed E-state index contributed by atoms with van der Waals surface area (Å²) in [5, 5.41) is -0.252. The molecule has 0 saturated heterocycles. The van der Waals surface area contributed by atoms with Crippen molar-refractivity contribution in [3.05, 3.63) is 65.5 Å². The maximum Gasteiger partial charge on any atom is 0.387 e. The van der Waals surface area contributed by atoms with Crippen molar-refractivity contribution >= 4 is 10.8 Å². The minimum atomic E-state index is -2.86. The van der Waals surface area contributed by atoms with Gasteiger partial charge in [-0.05, 0) is 42.3 Å². The molecule has 0 spiro atoms. The lowest BCUT2D eigenvalue weighted by Gasteiger charge is -2.12. The highest BCUT2D eigenvalue weighted by Crippen LogP contribution is 2.23. The zero-order valence-corrected chi connectivity index (χ0v) is 12.7. The summed E-state index contributed by atoms with van der Waals surface area (Å²) in [5.41, 5.74) is 1.55. The third-order valence-corrected chi connectivity index (χ3v) is 4.87. The normalized spacial score (nSPS) is 13.9. The van der Waals surface area contributed by atoms with Gasteiger partial charge in [-0.25, -0.2) is 4.39 Å². The predicted octanol–water partition coefficient (Wildman–Crippen LogP) is 4.44. The molecule has 0 N–H and O–H groups in total. The minimum Gasteiger partial charge on any atom is -0.435 e. The van der Waals surface area contributed by atoms with E-state index in [0.29, 0.717) is 0 Å². The van der Waals surface area contributed by atoms with Crippen LogP contribution in [-0.2, 0) is 16.6 Å². The van der Waals surface area contributed by atoms with Crippen LogP contribution in [0.4, 0.5) is 13.2 Å². The largest absolute Gasteiger partial charge is 0.435 e. The first-order valence-electron chi connectivity index (χ1n) is 6.62. The molecule has 0 fully saturated rings. The molecule has 2 nitrogen and oxygen atoms in total. The molecule has 0 unspecified atom stereocenters. The summed E-state index contributed by atoms with van der Waals surface area (Å²) >= 11 is 0. The van der Waals surface area contributed by atoms with Gasteiger partial charge in [0.05, 0.1) is 5.25 Å². The number of hydrogen-bond donors (Lipinski definition) is 0. The predicted molar refractivity (Wildman–Crippen MR) is 79.7 cm³/mol. The summed E-state index contributed by atoms with van der Waals surface area (Å²) in [5.74, 6) is 0.0144. The molecule has 2 rings (SSSR count). The molecule has 0 aliphatic rings. The number of rotatable bonds is 6. The molecule has 0 amide bonds. The fourth-order valence-electron chi connectivity index (χ4n) is 1.94. The van der Waals surface area contributed by atoms with Crippen LogP contribution >= 0.6 is 0 Å². The fraction of sp³-hybridized carbons (Fsp3) is 0.250. The van der Waals surface area contributed by atoms with Crippen molar-refractivity contribution in [2.45, 2.75) is 24.5 Å². The Morgan fingerprint density at radius 3 is 2.18 bits per heavy atom. The summed E-state index contributed by atoms with van der Waals surface area (Å²) in [6.07, 6.45) is 0. The van der Waals surface area contributed by atoms with Crippen molar-refractivity contribution in [1.29, 1.82) is 0 Å². The zero-order valence-electron chi connectivity index (χ0n) is 11.8. The zero-order chi connectivity index (χ0) is 16.1. The van der Waals surface area contributed by atoms with Crippen molar-refractivity contribution < 1.29 is 22.1 Å². The Balaban J connectivity index is 2.00. The maximum atomic E-state index is 12.9. The molecule has 22 heavy (non-hydrogen) atoms. The molecule has 0 aromatic heterocycles. The monoisotopic (exact) mass is 328 g/mol. The van der Waals surface area contributed by atoms with E-state index < -0.39 is 17.4 Å². The lowest BCUT2D eigenvalue weighted by atomic mass is 10.2. The second-order valence-electron chi connectivity index (χ2n) is 4.74. The van der Waals surface area contributed by atoms with E-state index in [1.807, 2.05) is 0 Å². The van der Waals surface area contributed by atoms with Crippen LogP contribution in [0.2, 0.25) is 0 Å². The van der Waals surface area contributed by atoms with E-state index in [0.717, 1.165) is 11.1 Å². The molecule has 2 aromatic carbocycles. The van der Waals surface area contributed by atoms with Crippen molar-refractivity contribution in [3.63, 3.8) is 0 Å². The van der Waals surface area contributed by atoms with Gasteiger partial charge in [0.1, 0.15) is 11.6 Å². The SMILES string of the molecule is C[C@@H](c1ccc(F)cc1)[S@@](=O)Cc1ccc(OC(F)F)cc1. The Hall–Kier alpha value is -1.82. The highest BCUT2D eigenvalue weighted by Gasteiger charge is 2.14. The average molecular weight is 328 g/mol. The van der Waals surface area contributed by atoms with Gasteiger partial charge < -0.3 is 4.74 Å². The lowest BCUT2D eigenvalue weighted by Crippen LogP contribution is -2.06. The van der Waals surface area contributed by atoms with Crippen LogP contribution in [0.3, 0.4) is 0 Å². The summed E-state index contributed by atoms with van der Waals surface area (Å²) in [7, 11) is -1.20. The summed E-state index contributed by atoms with van der Waals surface area (Å²) in [6.45, 7) is -1.06. The van der Waals surface area contributed by atoms with Gasteiger partial charge in [-0.15, -0.1) is 0 Å². The third-order valence-electron chi connectivity index (χ3n) is 3.19. The first kappa shape index (κ1) is 16.5. The molecule has 2 aromatic rings. The van der Waals surface area contributed by atoms with Crippen LogP contribution < -0.4 is 4.74 Å². The minimum absolute atomic E-state index is 0.0658. The topological polar surface area (TPSA) is 26.3 Å². The smallest absolute Gasteiger partial charge is 0.387 e. The summed E-state index contributed by atoms with van der Waals surface area (Å²) in [4.78, 5) is 0. The van der Waals surface area contributed by atoms with Crippen LogP contribution in [0.1, 0.15) is 23.3 Å². The Bertz CT molecular complexity index is 627. The van der Waals surface area contributed by atoms with E-state index in [4.69, 9.17) is 0 Å². The van der Waals surface area contributed by atoms with Crippen LogP contribution in [0.5, 0.6) is 5.75 Å². The van der Waals surface area contributed by atoms with Crippen molar-refractivity contribution in [2.24, 2.45) is 0 Å². The second kappa shape index (κ2) is 7.45. The van der Waals surface area contributed by atoms with Crippen LogP contribution in [0.15, 0.2) is 48.5 Å². The van der Waals surface area contributed by atoms with Gasteiger partial charge >= 0.3 is 6.61 Å². The molecular weight excluding hydrogens is 313 g/mol. The first-order valence-corrected chi connectivity index (χ1v) is 8.00. The Morgan fingerprint density at radius 2 is 1.64 bits per heavy atom. The van der Waals surface area contributed by atoms with Gasteiger partial charge in [-0.3, -0.25) is 4.21 Å². The van der Waals surface area contributed by atoms with Gasteiger partial charge in [-0.2, -0.15) is 8.78 Å². The highest BCUT2D eigenvalue weighted by molar-refractivity contribution is 7.84. The number of halogens is 3. The quantitative estimate of drug-likeness (QED) is 0.784. The Kier molecular flexibility index (Phi) is 5.60. The Morgan fingerprint density at radius 1 is 1.05 bits per heavy atom. The van der Waals surface area contributed by atoms with E-state index in [2.05, 4.69) is 4.74 Å². The average Bonchev–Trinajstić information content (AvgIpc) is 2.49. The Labute approximate surface area is 129 Å². The van der Waals surface area contributed by atoms with E-state index in [1.165, 1.54) is 24.3 Å². The molecule has 0 aliphatic carbocycles. The number of hydrogen-bond acceptors (Lipinski definition) is 2. The van der Waals surface area contributed by atoms with Crippen molar-refractivity contribution in [1.82, 2.24) is 0 Å². The fourth-order valence-corrected chi connectivity index (χ4v) is 3.17. The standard InChI is InChI=1S/C16H15F3O2S/c1-11(13-4-6-14(17)7-5-13)22(20)10-12-2-8-15(9-3-12)21-16(18)19/h2-9,11,16H,10H2,1H3/t11-,22-/m0/s1. The highest BCUT2D eigenvalue weighted by atomic mass is 32.2. The molecule has 6 heteroatoms. The first-order chi connectivity index (χ1) is 10.5. The van der Waals surface area contributed by atoms with Crippen molar-refractivity contribution in [3.8, 4) is 5.75 Å². The maximum absolute atomic E-state index is 12.9. The van der Waals surface area contributed by atoms with Gasteiger partial charge in [0.25, 0.3) is 0 Å². The van der Waals surface area contributed by atoms with Crippen LogP contribution in [0, 0.1) is 5.82 Å². The van der Waals surface area contributed by atoms with E-state index in [1.54, 1.807) is 31.2 Å². The van der Waals surface area contributed by atoms with Gasteiger partial charge in [0.15, 0.2) is 0 Å². The van der Waals surface area contributed by atoms with E-state index >= 15 is 0 Å². The molecule has 0 aliphatic heterocycles. The summed E-state index contributed by atoms with van der Waals surface area (Å²) in [6, 6.07) is 11.9. The van der Waals surface area contributed by atoms with Gasteiger partial charge in [0, 0.05) is 16.6 Å². The second-order valence-corrected chi connectivity index (χ2v) is 6.50. The molecule has 2 atom stereocenters. The van der Waals surface area contributed by atoms with Gasteiger partial charge in [-0.1, -0.05) is 24.3 Å². The third kappa shape index (κ3) is 4.59.